The molecule has 0 aromatic rings. The van der Waals surface area contributed by atoms with E-state index in [0.717, 1.165) is 12.3 Å². The highest BCUT2D eigenvalue weighted by Gasteiger charge is 1.69. The van der Waals surface area contributed by atoms with Gasteiger partial charge >= 0.3 is 0 Å². The minimum Gasteiger partial charge on any atom is -0.274 e. The molecule has 0 aliphatic carbocycles. The topological polar surface area (TPSA) is 24.7 Å². The summed E-state index contributed by atoms with van der Waals surface area (Å²) in [5, 5.41) is 0. The molecule has 46 valence electrons. The first-order valence-corrected chi connectivity index (χ1v) is 2.76. The number of hydrogen-bond acceptors (Lipinski definition) is 1. The molecule has 0 amide bonds. The summed E-state index contributed by atoms with van der Waals surface area (Å²) >= 11 is 0. The predicted molar refractivity (Wildman–Crippen MR) is 37.8 cm³/mol. The van der Waals surface area contributed by atoms with E-state index in [1.54, 1.807) is 6.34 Å². The van der Waals surface area contributed by atoms with Crippen LogP contribution in [-0.2, 0) is 0 Å². The quantitative estimate of drug-likeness (QED) is 0.382. The molecule has 0 aliphatic heterocycles. The van der Waals surface area contributed by atoms with Crippen LogP contribution in [0, 0.1) is 0 Å². The summed E-state index contributed by atoms with van der Waals surface area (Å²) in [6.45, 7) is 6.69. The average Bonchev–Trinajstić information content (AvgIpc) is 1.66. The first-order chi connectivity index (χ1) is 3.77. The minimum atomic E-state index is 0.816. The molecule has 0 atom stereocenters. The van der Waals surface area contributed by atoms with Gasteiger partial charge in [0.05, 0.1) is 0 Å². The van der Waals surface area contributed by atoms with Gasteiger partial charge in [-0.05, 0) is 20.8 Å². The number of aliphatic imine (C=N–C) groups is 2. The van der Waals surface area contributed by atoms with Crippen molar-refractivity contribution in [3.05, 3.63) is 0 Å². The smallest absolute Gasteiger partial charge is 0.109 e. The lowest BCUT2D eigenvalue weighted by atomic mass is 10.5. The van der Waals surface area contributed by atoms with Crippen molar-refractivity contribution in [2.75, 3.05) is 6.54 Å². The molecule has 2 nitrogen and oxygen atoms in total. The maximum Gasteiger partial charge on any atom is 0.109 e. The van der Waals surface area contributed by atoms with Crippen LogP contribution < -0.4 is 0 Å². The van der Waals surface area contributed by atoms with Crippen LogP contribution in [0.15, 0.2) is 9.98 Å². The van der Waals surface area contributed by atoms with Crippen molar-refractivity contribution in [3.8, 4) is 0 Å². The van der Waals surface area contributed by atoms with E-state index < -0.39 is 0 Å². The Morgan fingerprint density at radius 2 is 2.12 bits per heavy atom. The Bertz CT molecular complexity index is 99.1. The SMILES string of the molecule is CCN=CN=C(C)C. The first kappa shape index (κ1) is 7.34. The fourth-order valence-corrected chi connectivity index (χ4v) is 0.238. The maximum absolute atomic E-state index is 3.94. The van der Waals surface area contributed by atoms with Gasteiger partial charge in [-0.3, -0.25) is 4.99 Å². The molecule has 2 heteroatoms. The molecule has 8 heavy (non-hydrogen) atoms. The maximum atomic E-state index is 3.94. The van der Waals surface area contributed by atoms with Gasteiger partial charge in [-0.2, -0.15) is 0 Å². The van der Waals surface area contributed by atoms with E-state index in [-0.39, 0.29) is 0 Å². The van der Waals surface area contributed by atoms with Gasteiger partial charge < -0.3 is 0 Å². The van der Waals surface area contributed by atoms with Gasteiger partial charge in [0.15, 0.2) is 0 Å². The van der Waals surface area contributed by atoms with Gasteiger partial charge in [0.25, 0.3) is 0 Å². The standard InChI is InChI=1S/C6H12N2/c1-4-7-5-8-6(2)3/h5H,4H2,1-3H3. The van der Waals surface area contributed by atoms with Crippen molar-refractivity contribution in [1.29, 1.82) is 0 Å². The summed E-state index contributed by atoms with van der Waals surface area (Å²) in [5.74, 6) is 0. The molecule has 0 saturated carbocycles. The second-order valence-corrected chi connectivity index (χ2v) is 1.69. The molecule has 0 radical (unpaired) electrons. The monoisotopic (exact) mass is 112 g/mol. The van der Waals surface area contributed by atoms with Crippen LogP contribution in [-0.4, -0.2) is 18.6 Å². The molecule has 0 bridgehead atoms. The van der Waals surface area contributed by atoms with Crippen molar-refractivity contribution < 1.29 is 0 Å². The molecule has 0 aliphatic rings. The molecule has 0 aromatic heterocycles. The normalized spacial score (nSPS) is 9.88. The summed E-state index contributed by atoms with van der Waals surface area (Å²) in [6, 6.07) is 0. The van der Waals surface area contributed by atoms with Crippen molar-refractivity contribution in [2.45, 2.75) is 20.8 Å². The van der Waals surface area contributed by atoms with Crippen LogP contribution in [0.25, 0.3) is 0 Å². The summed E-state index contributed by atoms with van der Waals surface area (Å²) in [7, 11) is 0. The number of rotatable bonds is 2. The van der Waals surface area contributed by atoms with E-state index in [4.69, 9.17) is 0 Å². The van der Waals surface area contributed by atoms with Gasteiger partial charge in [-0.1, -0.05) is 0 Å². The molecule has 0 unspecified atom stereocenters. The molecule has 0 fully saturated rings. The summed E-state index contributed by atoms with van der Waals surface area (Å²) in [6.07, 6.45) is 1.59. The Labute approximate surface area is 50.4 Å². The van der Waals surface area contributed by atoms with Crippen LogP contribution in [0.2, 0.25) is 0 Å². The Morgan fingerprint density at radius 1 is 1.50 bits per heavy atom. The van der Waals surface area contributed by atoms with Crippen LogP contribution in [0.3, 0.4) is 0 Å². The molecular formula is C6H12N2. The zero-order valence-electron chi connectivity index (χ0n) is 5.68. The van der Waals surface area contributed by atoms with E-state index >= 15 is 0 Å². The molecule has 0 spiro atoms. The largest absolute Gasteiger partial charge is 0.274 e. The van der Waals surface area contributed by atoms with Crippen molar-refractivity contribution in [2.24, 2.45) is 9.98 Å². The highest BCUT2D eigenvalue weighted by Crippen LogP contribution is 1.70. The van der Waals surface area contributed by atoms with Crippen molar-refractivity contribution >= 4 is 12.1 Å². The van der Waals surface area contributed by atoms with E-state index in [1.807, 2.05) is 20.8 Å². The van der Waals surface area contributed by atoms with E-state index in [1.165, 1.54) is 0 Å². The Kier molecular flexibility index (Phi) is 4.13. The van der Waals surface area contributed by atoms with E-state index in [0.29, 0.717) is 0 Å². The first-order valence-electron chi connectivity index (χ1n) is 2.76. The predicted octanol–water partition coefficient (Wildman–Crippen LogP) is 1.52. The number of hydrogen-bond donors (Lipinski definition) is 0. The lowest BCUT2D eigenvalue weighted by Crippen LogP contribution is -1.80. The highest BCUT2D eigenvalue weighted by atomic mass is 14.8. The molecule has 0 heterocycles. The second kappa shape index (κ2) is 4.50. The van der Waals surface area contributed by atoms with Crippen molar-refractivity contribution in [1.82, 2.24) is 0 Å². The highest BCUT2D eigenvalue weighted by molar-refractivity contribution is 5.86. The van der Waals surface area contributed by atoms with Gasteiger partial charge in [-0.25, -0.2) is 4.99 Å². The second-order valence-electron chi connectivity index (χ2n) is 1.69. The lowest BCUT2D eigenvalue weighted by Gasteiger charge is -1.80. The van der Waals surface area contributed by atoms with Gasteiger partial charge in [0, 0.05) is 12.3 Å². The summed E-state index contributed by atoms with van der Waals surface area (Å²) in [5.41, 5.74) is 1.04. The Balaban J connectivity index is 3.42. The molecule has 0 saturated heterocycles. The van der Waals surface area contributed by atoms with Crippen LogP contribution in [0.4, 0.5) is 0 Å². The van der Waals surface area contributed by atoms with Gasteiger partial charge in [0.1, 0.15) is 6.34 Å². The summed E-state index contributed by atoms with van der Waals surface area (Å²) in [4.78, 5) is 7.84. The fourth-order valence-electron chi connectivity index (χ4n) is 0.238. The zero-order chi connectivity index (χ0) is 6.41. The molecular weight excluding hydrogens is 100 g/mol. The van der Waals surface area contributed by atoms with Crippen LogP contribution >= 0.6 is 0 Å². The van der Waals surface area contributed by atoms with Gasteiger partial charge in [-0.15, -0.1) is 0 Å². The third kappa shape index (κ3) is 5.34. The lowest BCUT2D eigenvalue weighted by molar-refractivity contribution is 1.13. The Morgan fingerprint density at radius 3 is 2.50 bits per heavy atom. The minimum absolute atomic E-state index is 0.816. The third-order valence-corrected chi connectivity index (χ3v) is 0.580. The third-order valence-electron chi connectivity index (χ3n) is 0.580. The zero-order valence-corrected chi connectivity index (χ0v) is 5.68. The van der Waals surface area contributed by atoms with E-state index in [9.17, 15) is 0 Å². The number of nitrogens with zero attached hydrogens (tertiary/aromatic N) is 2. The van der Waals surface area contributed by atoms with Gasteiger partial charge in [0.2, 0.25) is 0 Å². The fraction of sp³-hybridized carbons (Fsp3) is 0.667. The molecule has 0 N–H and O–H groups in total. The van der Waals surface area contributed by atoms with Crippen molar-refractivity contribution in [3.63, 3.8) is 0 Å². The Hall–Kier alpha value is -0.660. The molecule has 0 rings (SSSR count). The van der Waals surface area contributed by atoms with Crippen LogP contribution in [0.5, 0.6) is 0 Å². The average molecular weight is 112 g/mol. The summed E-state index contributed by atoms with van der Waals surface area (Å²) < 4.78 is 0. The van der Waals surface area contributed by atoms with Crippen LogP contribution in [0.1, 0.15) is 20.8 Å². The molecule has 0 aromatic carbocycles. The van der Waals surface area contributed by atoms with E-state index in [2.05, 4.69) is 9.98 Å².